The van der Waals surface area contributed by atoms with Gasteiger partial charge in [-0.15, -0.1) is 0 Å². The van der Waals surface area contributed by atoms with Gasteiger partial charge in [0.15, 0.2) is 0 Å². The number of nitrogens with one attached hydrogen (secondary N) is 3. The summed E-state index contributed by atoms with van der Waals surface area (Å²) in [7, 11) is 0. The van der Waals surface area contributed by atoms with E-state index >= 15 is 0 Å². The van der Waals surface area contributed by atoms with E-state index in [0.29, 0.717) is 17.3 Å². The van der Waals surface area contributed by atoms with E-state index in [-0.39, 0.29) is 6.03 Å². The highest BCUT2D eigenvalue weighted by molar-refractivity contribution is 6.30. The lowest BCUT2D eigenvalue weighted by molar-refractivity contribution is -0.906. The molecular weight excluding hydrogens is 266 g/mol. The van der Waals surface area contributed by atoms with Gasteiger partial charge in [-0.2, -0.15) is 0 Å². The Morgan fingerprint density at radius 2 is 2.16 bits per heavy atom. The number of carbonyl (C=O) groups excluding carboxylic acids is 1. The summed E-state index contributed by atoms with van der Waals surface area (Å²) >= 11 is 5.85. The highest BCUT2D eigenvalue weighted by Gasteiger charge is 2.13. The van der Waals surface area contributed by atoms with Crippen molar-refractivity contribution in [2.24, 2.45) is 0 Å². The summed E-state index contributed by atoms with van der Waals surface area (Å²) in [6.45, 7) is 5.22. The number of hydrogen-bond acceptors (Lipinski definition) is 2. The average Bonchev–Trinajstić information content (AvgIpc) is 2.40. The number of carbonyl (C=O) groups is 1. The van der Waals surface area contributed by atoms with Gasteiger partial charge in [-0.05, 0) is 18.2 Å². The van der Waals surface area contributed by atoms with Gasteiger partial charge in [0.05, 0.1) is 26.3 Å². The zero-order valence-corrected chi connectivity index (χ0v) is 11.5. The van der Waals surface area contributed by atoms with E-state index in [1.165, 1.54) is 4.90 Å². The molecule has 1 heterocycles. The second-order valence-electron chi connectivity index (χ2n) is 4.50. The molecule has 0 radical (unpaired) electrons. The number of quaternary nitrogens is 1. The molecule has 0 spiro atoms. The molecule has 3 N–H and O–H groups in total. The van der Waals surface area contributed by atoms with Crippen molar-refractivity contribution in [1.82, 2.24) is 5.32 Å². The number of urea groups is 1. The van der Waals surface area contributed by atoms with E-state index in [9.17, 15) is 4.79 Å². The van der Waals surface area contributed by atoms with Crippen molar-refractivity contribution in [3.63, 3.8) is 0 Å². The molecule has 0 unspecified atom stereocenters. The number of rotatable bonds is 4. The van der Waals surface area contributed by atoms with Crippen LogP contribution in [-0.4, -0.2) is 45.4 Å². The van der Waals surface area contributed by atoms with Gasteiger partial charge in [0.25, 0.3) is 0 Å². The van der Waals surface area contributed by atoms with Crippen LogP contribution < -0.4 is 15.5 Å². The third-order valence-corrected chi connectivity index (χ3v) is 3.28. The van der Waals surface area contributed by atoms with Crippen LogP contribution in [0.2, 0.25) is 5.02 Å². The first kappa shape index (κ1) is 14.1. The summed E-state index contributed by atoms with van der Waals surface area (Å²) in [6, 6.07) is 6.89. The molecule has 0 aromatic heterocycles. The molecule has 1 aliphatic heterocycles. The molecular formula is C13H19ClN3O2+. The maximum Gasteiger partial charge on any atom is 0.319 e. The number of ether oxygens (including phenoxy) is 1. The van der Waals surface area contributed by atoms with Crippen molar-refractivity contribution in [3.8, 4) is 0 Å². The number of anilines is 1. The Bertz CT molecular complexity index is 422. The van der Waals surface area contributed by atoms with E-state index in [1.54, 1.807) is 24.3 Å². The smallest absolute Gasteiger partial charge is 0.319 e. The van der Waals surface area contributed by atoms with Gasteiger partial charge in [-0.1, -0.05) is 17.7 Å². The predicted molar refractivity (Wildman–Crippen MR) is 74.9 cm³/mol. The highest BCUT2D eigenvalue weighted by atomic mass is 35.5. The average molecular weight is 285 g/mol. The van der Waals surface area contributed by atoms with Gasteiger partial charge < -0.3 is 20.3 Å². The fraction of sp³-hybridized carbons (Fsp3) is 0.462. The molecule has 0 atom stereocenters. The van der Waals surface area contributed by atoms with Gasteiger partial charge in [-0.3, -0.25) is 0 Å². The molecule has 0 bridgehead atoms. The summed E-state index contributed by atoms with van der Waals surface area (Å²) in [4.78, 5) is 13.1. The highest BCUT2D eigenvalue weighted by Crippen LogP contribution is 2.14. The molecule has 1 aromatic carbocycles. The largest absolute Gasteiger partial charge is 0.370 e. The molecule has 104 valence electrons. The van der Waals surface area contributed by atoms with E-state index in [4.69, 9.17) is 16.3 Å². The lowest BCUT2D eigenvalue weighted by Gasteiger charge is -2.23. The molecule has 1 fully saturated rings. The van der Waals surface area contributed by atoms with Crippen LogP contribution in [0, 0.1) is 0 Å². The first-order valence-corrected chi connectivity index (χ1v) is 6.83. The molecule has 5 nitrogen and oxygen atoms in total. The van der Waals surface area contributed by atoms with Gasteiger partial charge in [-0.25, -0.2) is 4.79 Å². The minimum Gasteiger partial charge on any atom is -0.370 e. The molecule has 0 saturated carbocycles. The molecule has 1 aliphatic rings. The Balaban J connectivity index is 1.67. The quantitative estimate of drug-likeness (QED) is 0.749. The van der Waals surface area contributed by atoms with Crippen LogP contribution in [0.15, 0.2) is 24.3 Å². The summed E-state index contributed by atoms with van der Waals surface area (Å²) < 4.78 is 5.28. The number of halogens is 1. The molecule has 1 saturated heterocycles. The zero-order valence-electron chi connectivity index (χ0n) is 10.7. The second-order valence-corrected chi connectivity index (χ2v) is 4.94. The number of morpholine rings is 1. The topological polar surface area (TPSA) is 54.8 Å². The van der Waals surface area contributed by atoms with Crippen molar-refractivity contribution < 1.29 is 14.4 Å². The van der Waals surface area contributed by atoms with Crippen molar-refractivity contribution in [2.75, 3.05) is 44.7 Å². The van der Waals surface area contributed by atoms with Crippen LogP contribution in [0.3, 0.4) is 0 Å². The Morgan fingerprint density at radius 3 is 2.89 bits per heavy atom. The summed E-state index contributed by atoms with van der Waals surface area (Å²) in [5.41, 5.74) is 0.698. The van der Waals surface area contributed by atoms with Crippen LogP contribution in [0.4, 0.5) is 10.5 Å². The summed E-state index contributed by atoms with van der Waals surface area (Å²) in [6.07, 6.45) is 0. The van der Waals surface area contributed by atoms with Crippen LogP contribution >= 0.6 is 11.6 Å². The minimum absolute atomic E-state index is 0.199. The SMILES string of the molecule is O=C(NCC[NH+]1CCOCC1)Nc1cccc(Cl)c1. The van der Waals surface area contributed by atoms with Gasteiger partial charge >= 0.3 is 6.03 Å². The summed E-state index contributed by atoms with van der Waals surface area (Å²) in [5, 5.41) is 6.20. The van der Waals surface area contributed by atoms with E-state index in [0.717, 1.165) is 32.8 Å². The van der Waals surface area contributed by atoms with Gasteiger partial charge in [0, 0.05) is 10.7 Å². The van der Waals surface area contributed by atoms with E-state index < -0.39 is 0 Å². The summed E-state index contributed by atoms with van der Waals surface area (Å²) in [5.74, 6) is 0. The number of benzene rings is 1. The molecule has 19 heavy (non-hydrogen) atoms. The van der Waals surface area contributed by atoms with Crippen molar-refractivity contribution in [1.29, 1.82) is 0 Å². The fourth-order valence-electron chi connectivity index (χ4n) is 2.00. The minimum atomic E-state index is -0.199. The van der Waals surface area contributed by atoms with Gasteiger partial charge in [0.1, 0.15) is 13.1 Å². The van der Waals surface area contributed by atoms with Crippen LogP contribution in [0.25, 0.3) is 0 Å². The third kappa shape index (κ3) is 5.06. The first-order chi connectivity index (χ1) is 9.24. The van der Waals surface area contributed by atoms with E-state index in [2.05, 4.69) is 10.6 Å². The zero-order chi connectivity index (χ0) is 13.5. The second kappa shape index (κ2) is 7.33. The van der Waals surface area contributed by atoms with Crippen molar-refractivity contribution >= 4 is 23.3 Å². The molecule has 6 heteroatoms. The Morgan fingerprint density at radius 1 is 1.37 bits per heavy atom. The molecule has 1 aromatic rings. The molecule has 2 amide bonds. The standard InChI is InChI=1S/C13H18ClN3O2/c14-11-2-1-3-12(10-11)16-13(18)15-4-5-17-6-8-19-9-7-17/h1-3,10H,4-9H2,(H2,15,16,18)/p+1. The maximum absolute atomic E-state index is 11.7. The monoisotopic (exact) mass is 284 g/mol. The van der Waals surface area contributed by atoms with Crippen molar-refractivity contribution in [2.45, 2.75) is 0 Å². The Hall–Kier alpha value is -1.30. The number of amides is 2. The Kier molecular flexibility index (Phi) is 5.44. The molecule has 2 rings (SSSR count). The van der Waals surface area contributed by atoms with E-state index in [1.807, 2.05) is 0 Å². The lowest BCUT2D eigenvalue weighted by atomic mass is 10.3. The van der Waals surface area contributed by atoms with Crippen LogP contribution in [0.1, 0.15) is 0 Å². The van der Waals surface area contributed by atoms with Crippen LogP contribution in [-0.2, 0) is 4.74 Å². The maximum atomic E-state index is 11.7. The fourth-order valence-corrected chi connectivity index (χ4v) is 2.19. The van der Waals surface area contributed by atoms with Gasteiger partial charge in [0.2, 0.25) is 0 Å². The Labute approximate surface area is 117 Å². The van der Waals surface area contributed by atoms with Crippen LogP contribution in [0.5, 0.6) is 0 Å². The molecule has 0 aliphatic carbocycles. The predicted octanol–water partition coefficient (Wildman–Crippen LogP) is 0.377. The number of hydrogen-bond donors (Lipinski definition) is 3. The van der Waals surface area contributed by atoms with Crippen molar-refractivity contribution in [3.05, 3.63) is 29.3 Å². The normalized spacial score (nSPS) is 16.1. The first-order valence-electron chi connectivity index (χ1n) is 6.46. The third-order valence-electron chi connectivity index (χ3n) is 3.05. The lowest BCUT2D eigenvalue weighted by Crippen LogP contribution is -3.14.